The molecular formula is C25H23F3N4O5S. The van der Waals surface area contributed by atoms with E-state index < -0.39 is 22.2 Å². The topological polar surface area (TPSA) is 165 Å². The number of hydrogen-bond acceptors (Lipinski definition) is 6. The SMILES string of the molecule is NN=Cc1cccc([C@@H]2C[C@H]2C(=O)Nc2ccc(-c3ccccc3S(N)(=O)=O)cc2)c1.O=C(O)C(F)(F)F. The molecule has 6 N–H and O–H groups in total. The van der Waals surface area contributed by atoms with Crippen molar-refractivity contribution in [3.63, 3.8) is 0 Å². The van der Waals surface area contributed by atoms with Gasteiger partial charge in [0.25, 0.3) is 0 Å². The molecule has 13 heteroatoms. The predicted octanol–water partition coefficient (Wildman–Crippen LogP) is 3.67. The number of aliphatic carboxylic acids is 1. The second-order valence-electron chi connectivity index (χ2n) is 8.31. The molecule has 2 atom stereocenters. The Kier molecular flexibility index (Phi) is 8.53. The van der Waals surface area contributed by atoms with Crippen molar-refractivity contribution in [3.05, 3.63) is 83.9 Å². The first-order valence-electron chi connectivity index (χ1n) is 11.0. The molecule has 1 aliphatic carbocycles. The number of amides is 1. The average Bonchev–Trinajstić information content (AvgIpc) is 3.66. The number of nitrogens with two attached hydrogens (primary N) is 2. The number of carbonyl (C=O) groups is 2. The third-order valence-electron chi connectivity index (χ3n) is 5.59. The summed E-state index contributed by atoms with van der Waals surface area (Å²) in [5.74, 6) is 2.50. The molecule has 3 aromatic carbocycles. The summed E-state index contributed by atoms with van der Waals surface area (Å²) in [6.45, 7) is 0. The van der Waals surface area contributed by atoms with Crippen LogP contribution in [0.15, 0.2) is 82.8 Å². The third-order valence-corrected chi connectivity index (χ3v) is 6.56. The van der Waals surface area contributed by atoms with Gasteiger partial charge < -0.3 is 16.3 Å². The molecule has 0 bridgehead atoms. The summed E-state index contributed by atoms with van der Waals surface area (Å²) in [4.78, 5) is 21.6. The number of carbonyl (C=O) groups excluding carboxylic acids is 1. The Labute approximate surface area is 216 Å². The smallest absolute Gasteiger partial charge is 0.475 e. The van der Waals surface area contributed by atoms with E-state index in [4.69, 9.17) is 20.9 Å². The second kappa shape index (κ2) is 11.4. The van der Waals surface area contributed by atoms with Gasteiger partial charge in [-0.15, -0.1) is 0 Å². The molecule has 0 saturated heterocycles. The van der Waals surface area contributed by atoms with Crippen molar-refractivity contribution < 1.29 is 36.3 Å². The summed E-state index contributed by atoms with van der Waals surface area (Å²) in [5.41, 5.74) is 3.86. The molecule has 0 aromatic heterocycles. The molecule has 9 nitrogen and oxygen atoms in total. The number of nitrogens with zero attached hydrogens (tertiary/aromatic N) is 1. The first kappa shape index (κ1) is 28.3. The molecule has 200 valence electrons. The van der Waals surface area contributed by atoms with Crippen molar-refractivity contribution in [2.45, 2.75) is 23.4 Å². The lowest BCUT2D eigenvalue weighted by Crippen LogP contribution is -2.21. The molecule has 4 rings (SSSR count). The van der Waals surface area contributed by atoms with Crippen LogP contribution in [0.1, 0.15) is 23.5 Å². The standard InChI is InChI=1S/C23H22N4O3S.C2HF3O2/c24-26-14-15-4-3-5-17(12-15)20-13-21(20)23(28)27-18-10-8-16(9-11-18)19-6-1-2-7-22(19)31(25,29)30;3-2(4,5)1(6)7/h1-12,14,20-21H,13,24H2,(H,27,28)(H2,25,29,30);(H,6,7)/t20-,21+;/m0./s1. The van der Waals surface area contributed by atoms with Gasteiger partial charge in [0, 0.05) is 17.2 Å². The number of benzene rings is 3. The molecule has 1 aliphatic rings. The molecule has 0 unspecified atom stereocenters. The van der Waals surface area contributed by atoms with Crippen molar-refractivity contribution in [2.75, 3.05) is 5.32 Å². The summed E-state index contributed by atoms with van der Waals surface area (Å²) in [5, 5.41) is 18.9. The van der Waals surface area contributed by atoms with Crippen LogP contribution in [0.3, 0.4) is 0 Å². The molecule has 0 heterocycles. The van der Waals surface area contributed by atoms with E-state index in [1.807, 2.05) is 24.3 Å². The Bertz CT molecular complexity index is 1460. The number of anilines is 1. The van der Waals surface area contributed by atoms with E-state index in [1.165, 1.54) is 6.07 Å². The monoisotopic (exact) mass is 548 g/mol. The highest BCUT2D eigenvalue weighted by Gasteiger charge is 2.44. The maximum absolute atomic E-state index is 12.7. The number of halogens is 3. The minimum Gasteiger partial charge on any atom is -0.475 e. The second-order valence-corrected chi connectivity index (χ2v) is 9.84. The van der Waals surface area contributed by atoms with Crippen LogP contribution in [0.4, 0.5) is 18.9 Å². The first-order chi connectivity index (χ1) is 17.8. The zero-order valence-corrected chi connectivity index (χ0v) is 20.4. The molecule has 0 radical (unpaired) electrons. The Morgan fingerprint density at radius 1 is 1.03 bits per heavy atom. The molecule has 0 spiro atoms. The Morgan fingerprint density at radius 2 is 1.66 bits per heavy atom. The fourth-order valence-electron chi connectivity index (χ4n) is 3.73. The minimum atomic E-state index is -5.08. The fourth-order valence-corrected chi connectivity index (χ4v) is 4.49. The number of sulfonamides is 1. The Balaban J connectivity index is 0.000000505. The van der Waals surface area contributed by atoms with E-state index in [0.29, 0.717) is 16.8 Å². The van der Waals surface area contributed by atoms with Gasteiger partial charge in [-0.3, -0.25) is 4.79 Å². The first-order valence-corrected chi connectivity index (χ1v) is 12.5. The fraction of sp³-hybridized carbons (Fsp3) is 0.160. The number of hydrazone groups is 1. The van der Waals surface area contributed by atoms with E-state index in [2.05, 4.69) is 10.4 Å². The summed E-state index contributed by atoms with van der Waals surface area (Å²) < 4.78 is 55.4. The highest BCUT2D eigenvalue weighted by atomic mass is 32.2. The predicted molar refractivity (Wildman–Crippen MR) is 135 cm³/mol. The number of carboxylic acids is 1. The summed E-state index contributed by atoms with van der Waals surface area (Å²) >= 11 is 0. The van der Waals surface area contributed by atoms with Crippen molar-refractivity contribution in [1.82, 2.24) is 0 Å². The Hall–Kier alpha value is -4.23. The van der Waals surface area contributed by atoms with E-state index in [1.54, 1.807) is 48.7 Å². The van der Waals surface area contributed by atoms with Crippen LogP contribution in [0.2, 0.25) is 0 Å². The third kappa shape index (κ3) is 7.40. The van der Waals surface area contributed by atoms with Crippen molar-refractivity contribution >= 4 is 33.8 Å². The van der Waals surface area contributed by atoms with Crippen LogP contribution in [0.5, 0.6) is 0 Å². The maximum Gasteiger partial charge on any atom is 0.490 e. The van der Waals surface area contributed by atoms with Crippen LogP contribution in [-0.4, -0.2) is 37.8 Å². The molecule has 3 aromatic rings. The summed E-state index contributed by atoms with van der Waals surface area (Å²) in [7, 11) is -3.84. The number of hydrogen-bond donors (Lipinski definition) is 4. The van der Waals surface area contributed by atoms with E-state index >= 15 is 0 Å². The number of alkyl halides is 3. The molecular weight excluding hydrogens is 525 g/mol. The normalized spacial score (nSPS) is 16.8. The lowest BCUT2D eigenvalue weighted by molar-refractivity contribution is -0.192. The van der Waals surface area contributed by atoms with Crippen LogP contribution in [0, 0.1) is 5.92 Å². The van der Waals surface area contributed by atoms with Gasteiger partial charge >= 0.3 is 12.1 Å². The van der Waals surface area contributed by atoms with Crippen LogP contribution < -0.4 is 16.3 Å². The quantitative estimate of drug-likeness (QED) is 0.208. The van der Waals surface area contributed by atoms with Crippen molar-refractivity contribution in [2.24, 2.45) is 22.0 Å². The number of primary sulfonamides is 1. The van der Waals surface area contributed by atoms with Gasteiger partial charge in [-0.2, -0.15) is 18.3 Å². The maximum atomic E-state index is 12.7. The van der Waals surface area contributed by atoms with Gasteiger partial charge in [-0.1, -0.05) is 48.5 Å². The van der Waals surface area contributed by atoms with E-state index in [9.17, 15) is 26.4 Å². The molecule has 0 aliphatic heterocycles. The number of rotatable bonds is 6. The Morgan fingerprint density at radius 3 is 2.24 bits per heavy atom. The van der Waals surface area contributed by atoms with Gasteiger partial charge in [0.2, 0.25) is 15.9 Å². The number of carboxylic acid groups (broad SMARTS) is 1. The largest absolute Gasteiger partial charge is 0.490 e. The zero-order valence-electron chi connectivity index (χ0n) is 19.6. The van der Waals surface area contributed by atoms with Crippen molar-refractivity contribution in [1.29, 1.82) is 0 Å². The molecule has 1 amide bonds. The number of nitrogens with one attached hydrogen (secondary N) is 1. The lowest BCUT2D eigenvalue weighted by Gasteiger charge is -2.10. The van der Waals surface area contributed by atoms with Gasteiger partial charge in [-0.25, -0.2) is 18.4 Å². The van der Waals surface area contributed by atoms with Crippen LogP contribution in [-0.2, 0) is 19.6 Å². The molecule has 1 fully saturated rings. The van der Waals surface area contributed by atoms with Crippen LogP contribution >= 0.6 is 0 Å². The molecule has 38 heavy (non-hydrogen) atoms. The lowest BCUT2D eigenvalue weighted by atomic mass is 10.0. The summed E-state index contributed by atoms with van der Waals surface area (Å²) in [6.07, 6.45) is -2.72. The van der Waals surface area contributed by atoms with E-state index in [0.717, 1.165) is 17.5 Å². The molecule has 1 saturated carbocycles. The minimum absolute atomic E-state index is 0.0411. The highest BCUT2D eigenvalue weighted by molar-refractivity contribution is 7.89. The summed E-state index contributed by atoms with van der Waals surface area (Å²) in [6, 6.07) is 21.4. The van der Waals surface area contributed by atoms with Gasteiger partial charge in [0.1, 0.15) is 0 Å². The van der Waals surface area contributed by atoms with E-state index in [-0.39, 0.29) is 22.6 Å². The average molecular weight is 549 g/mol. The van der Waals surface area contributed by atoms with Gasteiger partial charge in [-0.05, 0) is 53.3 Å². The highest BCUT2D eigenvalue weighted by Crippen LogP contribution is 2.48. The van der Waals surface area contributed by atoms with Gasteiger partial charge in [0.15, 0.2) is 0 Å². The van der Waals surface area contributed by atoms with Gasteiger partial charge in [0.05, 0.1) is 11.1 Å². The zero-order chi connectivity index (χ0) is 28.1. The van der Waals surface area contributed by atoms with Crippen LogP contribution in [0.25, 0.3) is 11.1 Å². The van der Waals surface area contributed by atoms with Crippen molar-refractivity contribution in [3.8, 4) is 11.1 Å².